The normalized spacial score (nSPS) is 10.2. The molecule has 88 valence electrons. The Labute approximate surface area is 111 Å². The molecule has 1 heterocycles. The molecule has 0 unspecified atom stereocenters. The van der Waals surface area contributed by atoms with Gasteiger partial charge in [0.2, 0.25) is 0 Å². The van der Waals surface area contributed by atoms with Crippen molar-refractivity contribution in [2.75, 3.05) is 0 Å². The lowest BCUT2D eigenvalue weighted by Gasteiger charge is -2.04. The number of nitrogens with one attached hydrogen (secondary N) is 2. The molecule has 0 aliphatic carbocycles. The molecule has 2 N–H and O–H groups in total. The van der Waals surface area contributed by atoms with Crippen LogP contribution < -0.4 is 5.32 Å². The molecule has 2 rings (SSSR count). The van der Waals surface area contributed by atoms with Crippen LogP contribution in [0.2, 0.25) is 0 Å². The maximum absolute atomic E-state index is 12.7. The summed E-state index contributed by atoms with van der Waals surface area (Å²) in [5, 5.41) is 9.11. The molecule has 6 heteroatoms. The third kappa shape index (κ3) is 3.02. The third-order valence-electron chi connectivity index (χ3n) is 2.19. The van der Waals surface area contributed by atoms with Crippen LogP contribution >= 0.6 is 22.6 Å². The fraction of sp³-hybridized carbons (Fsp3) is 0.0909. The highest BCUT2D eigenvalue weighted by Gasteiger charge is 2.11. The molecule has 0 saturated carbocycles. The monoisotopic (exact) mass is 345 g/mol. The van der Waals surface area contributed by atoms with Gasteiger partial charge in [-0.3, -0.25) is 9.89 Å². The van der Waals surface area contributed by atoms with Crippen molar-refractivity contribution in [2.45, 2.75) is 6.54 Å². The topological polar surface area (TPSA) is 57.8 Å². The Balaban J connectivity index is 1.97. The van der Waals surface area contributed by atoms with E-state index in [-0.39, 0.29) is 11.7 Å². The smallest absolute Gasteiger partial charge is 0.270 e. The van der Waals surface area contributed by atoms with Gasteiger partial charge in [-0.15, -0.1) is 0 Å². The average molecular weight is 345 g/mol. The number of amides is 1. The van der Waals surface area contributed by atoms with E-state index >= 15 is 0 Å². The Hall–Kier alpha value is -1.44. The molecule has 0 spiro atoms. The van der Waals surface area contributed by atoms with Crippen molar-refractivity contribution < 1.29 is 9.18 Å². The lowest BCUT2D eigenvalue weighted by Crippen LogP contribution is -2.23. The first-order valence-corrected chi connectivity index (χ1v) is 5.96. The lowest BCUT2D eigenvalue weighted by molar-refractivity contribution is 0.0945. The van der Waals surface area contributed by atoms with E-state index in [1.165, 1.54) is 12.1 Å². The number of H-pyrrole nitrogens is 1. The highest BCUT2D eigenvalue weighted by Crippen LogP contribution is 2.08. The van der Waals surface area contributed by atoms with Crippen molar-refractivity contribution in [3.8, 4) is 0 Å². The first-order chi connectivity index (χ1) is 8.16. The zero-order chi connectivity index (χ0) is 12.3. The largest absolute Gasteiger partial charge is 0.347 e. The predicted octanol–water partition coefficient (Wildman–Crippen LogP) is 2.08. The molecule has 0 fully saturated rings. The van der Waals surface area contributed by atoms with Gasteiger partial charge in [-0.25, -0.2) is 4.39 Å². The van der Waals surface area contributed by atoms with E-state index in [4.69, 9.17) is 0 Å². The summed E-state index contributed by atoms with van der Waals surface area (Å²) in [6, 6.07) is 5.99. The molecule has 1 aromatic carbocycles. The summed E-state index contributed by atoms with van der Waals surface area (Å²) >= 11 is 2.03. The summed E-state index contributed by atoms with van der Waals surface area (Å²) in [5.74, 6) is -0.514. The number of benzene rings is 1. The standard InChI is InChI=1S/C11H9FIN3O/c12-8-3-1-7(2-4-8)5-14-11(17)10-9(13)6-15-16-10/h1-4,6H,5H2,(H,14,17)(H,15,16). The molecule has 0 aliphatic heterocycles. The number of rotatable bonds is 3. The highest BCUT2D eigenvalue weighted by molar-refractivity contribution is 14.1. The van der Waals surface area contributed by atoms with Gasteiger partial charge in [0, 0.05) is 6.54 Å². The second kappa shape index (κ2) is 5.26. The van der Waals surface area contributed by atoms with Crippen LogP contribution in [0.25, 0.3) is 0 Å². The molecule has 0 saturated heterocycles. The van der Waals surface area contributed by atoms with E-state index in [1.807, 2.05) is 22.6 Å². The maximum Gasteiger partial charge on any atom is 0.270 e. The van der Waals surface area contributed by atoms with E-state index in [1.54, 1.807) is 18.3 Å². The van der Waals surface area contributed by atoms with Gasteiger partial charge in [-0.1, -0.05) is 12.1 Å². The zero-order valence-corrected chi connectivity index (χ0v) is 10.9. The van der Waals surface area contributed by atoms with Gasteiger partial charge in [0.25, 0.3) is 5.91 Å². The molecular weight excluding hydrogens is 336 g/mol. The van der Waals surface area contributed by atoms with E-state index in [2.05, 4.69) is 15.5 Å². The number of carbonyl (C=O) groups is 1. The quantitative estimate of drug-likeness (QED) is 0.837. The summed E-state index contributed by atoms with van der Waals surface area (Å²) in [7, 11) is 0. The van der Waals surface area contributed by atoms with Gasteiger partial charge < -0.3 is 5.32 Å². The highest BCUT2D eigenvalue weighted by atomic mass is 127. The third-order valence-corrected chi connectivity index (χ3v) is 3.00. The summed E-state index contributed by atoms with van der Waals surface area (Å²) in [6.07, 6.45) is 1.58. The molecule has 0 bridgehead atoms. The number of aromatic nitrogens is 2. The van der Waals surface area contributed by atoms with Crippen LogP contribution in [0.4, 0.5) is 4.39 Å². The van der Waals surface area contributed by atoms with E-state index in [0.717, 1.165) is 9.13 Å². The van der Waals surface area contributed by atoms with Crippen molar-refractivity contribution in [3.05, 3.63) is 51.1 Å². The van der Waals surface area contributed by atoms with Crippen molar-refractivity contribution in [2.24, 2.45) is 0 Å². The number of carbonyl (C=O) groups excluding carboxylic acids is 1. The maximum atomic E-state index is 12.7. The molecule has 17 heavy (non-hydrogen) atoms. The number of hydrogen-bond donors (Lipinski definition) is 2. The minimum absolute atomic E-state index is 0.226. The zero-order valence-electron chi connectivity index (χ0n) is 8.71. The van der Waals surface area contributed by atoms with Crippen LogP contribution in [0.15, 0.2) is 30.5 Å². The molecule has 0 atom stereocenters. The van der Waals surface area contributed by atoms with E-state index in [0.29, 0.717) is 12.2 Å². The van der Waals surface area contributed by atoms with Gasteiger partial charge in [0.15, 0.2) is 0 Å². The Kier molecular flexibility index (Phi) is 3.72. The molecule has 4 nitrogen and oxygen atoms in total. The van der Waals surface area contributed by atoms with Crippen molar-refractivity contribution in [1.82, 2.24) is 15.5 Å². The van der Waals surface area contributed by atoms with Crippen LogP contribution in [-0.2, 0) is 6.54 Å². The summed E-state index contributed by atoms with van der Waals surface area (Å²) in [4.78, 5) is 11.7. The number of hydrogen-bond acceptors (Lipinski definition) is 2. The minimum Gasteiger partial charge on any atom is -0.347 e. The summed E-state index contributed by atoms with van der Waals surface area (Å²) in [5.41, 5.74) is 1.28. The Bertz CT molecular complexity index is 524. The molecular formula is C11H9FIN3O. The fourth-order valence-electron chi connectivity index (χ4n) is 1.30. The predicted molar refractivity (Wildman–Crippen MR) is 68.9 cm³/mol. The molecule has 2 aromatic rings. The fourth-order valence-corrected chi connectivity index (χ4v) is 1.81. The number of aromatic amines is 1. The van der Waals surface area contributed by atoms with Crippen molar-refractivity contribution >= 4 is 28.5 Å². The Morgan fingerprint density at radius 1 is 1.41 bits per heavy atom. The van der Waals surface area contributed by atoms with Gasteiger partial charge in [0.1, 0.15) is 11.5 Å². The van der Waals surface area contributed by atoms with Crippen LogP contribution in [0.3, 0.4) is 0 Å². The van der Waals surface area contributed by atoms with Crippen LogP contribution in [0.5, 0.6) is 0 Å². The first kappa shape index (κ1) is 12.0. The van der Waals surface area contributed by atoms with Gasteiger partial charge in [-0.05, 0) is 40.3 Å². The molecule has 1 amide bonds. The van der Waals surface area contributed by atoms with Crippen molar-refractivity contribution in [1.29, 1.82) is 0 Å². The van der Waals surface area contributed by atoms with Gasteiger partial charge in [0.05, 0.1) is 9.77 Å². The summed E-state index contributed by atoms with van der Waals surface area (Å²) in [6.45, 7) is 0.355. The molecule has 0 radical (unpaired) electrons. The number of halogens is 2. The van der Waals surface area contributed by atoms with Crippen LogP contribution in [0, 0.1) is 9.39 Å². The Morgan fingerprint density at radius 2 is 2.12 bits per heavy atom. The van der Waals surface area contributed by atoms with Gasteiger partial charge >= 0.3 is 0 Å². The minimum atomic E-state index is -0.289. The number of nitrogens with zero attached hydrogens (tertiary/aromatic N) is 1. The average Bonchev–Trinajstić information content (AvgIpc) is 2.74. The van der Waals surface area contributed by atoms with E-state index in [9.17, 15) is 9.18 Å². The van der Waals surface area contributed by atoms with Crippen LogP contribution in [-0.4, -0.2) is 16.1 Å². The molecule has 0 aliphatic rings. The summed E-state index contributed by atoms with van der Waals surface area (Å²) < 4.78 is 13.4. The van der Waals surface area contributed by atoms with Crippen molar-refractivity contribution in [3.63, 3.8) is 0 Å². The van der Waals surface area contributed by atoms with E-state index < -0.39 is 0 Å². The first-order valence-electron chi connectivity index (χ1n) is 4.88. The van der Waals surface area contributed by atoms with Crippen LogP contribution in [0.1, 0.15) is 16.1 Å². The molecule has 1 aromatic heterocycles. The second-order valence-corrected chi connectivity index (χ2v) is 4.56. The second-order valence-electron chi connectivity index (χ2n) is 3.40. The SMILES string of the molecule is O=C(NCc1ccc(F)cc1)c1[nH]ncc1I. The lowest BCUT2D eigenvalue weighted by atomic mass is 10.2. The van der Waals surface area contributed by atoms with Gasteiger partial charge in [-0.2, -0.15) is 5.10 Å². The Morgan fingerprint density at radius 3 is 2.71 bits per heavy atom.